The van der Waals surface area contributed by atoms with Gasteiger partial charge in [-0.25, -0.2) is 0 Å². The van der Waals surface area contributed by atoms with E-state index in [2.05, 4.69) is 10.6 Å². The molecule has 28 heavy (non-hydrogen) atoms. The summed E-state index contributed by atoms with van der Waals surface area (Å²) in [5.41, 5.74) is 1.63. The number of rotatable bonds is 10. The van der Waals surface area contributed by atoms with Gasteiger partial charge in [0.05, 0.1) is 13.1 Å². The van der Waals surface area contributed by atoms with Gasteiger partial charge in [0.15, 0.2) is 0 Å². The van der Waals surface area contributed by atoms with Crippen LogP contribution in [0.25, 0.3) is 0 Å². The van der Waals surface area contributed by atoms with Crippen molar-refractivity contribution in [2.75, 3.05) is 37.2 Å². The van der Waals surface area contributed by atoms with Gasteiger partial charge in [-0.3, -0.25) is 14.5 Å². The number of nitrogens with one attached hydrogen (secondary N) is 2. The van der Waals surface area contributed by atoms with E-state index in [-0.39, 0.29) is 24.9 Å². The van der Waals surface area contributed by atoms with Crippen LogP contribution in [0.15, 0.2) is 53.4 Å². The molecule has 2 aromatic rings. The van der Waals surface area contributed by atoms with Gasteiger partial charge < -0.3 is 10.6 Å². The lowest BCUT2D eigenvalue weighted by molar-refractivity contribution is -0.123. The molecule has 2 rings (SSSR count). The Balaban J connectivity index is 1.72. The molecule has 0 saturated heterocycles. The van der Waals surface area contributed by atoms with Crippen LogP contribution in [0.2, 0.25) is 5.02 Å². The minimum atomic E-state index is -0.167. The molecule has 2 amide bonds. The highest BCUT2D eigenvalue weighted by atomic mass is 35.5. The minimum Gasteiger partial charge on any atom is -0.354 e. The second kappa shape index (κ2) is 11.7. The molecule has 0 atom stereocenters. The van der Waals surface area contributed by atoms with Crippen molar-refractivity contribution in [3.8, 4) is 0 Å². The zero-order valence-electron chi connectivity index (χ0n) is 16.2. The van der Waals surface area contributed by atoms with Gasteiger partial charge in [0, 0.05) is 27.9 Å². The first-order valence-corrected chi connectivity index (χ1v) is 10.6. The summed E-state index contributed by atoms with van der Waals surface area (Å²) in [4.78, 5) is 27.4. The molecule has 0 heterocycles. The molecule has 0 unspecified atom stereocenters. The Hall–Kier alpha value is -2.02. The summed E-state index contributed by atoms with van der Waals surface area (Å²) < 4.78 is 0. The molecular formula is C21H26ClN3O2S. The summed E-state index contributed by atoms with van der Waals surface area (Å²) in [5.74, 6) is 0.554. The van der Waals surface area contributed by atoms with Crippen LogP contribution in [-0.2, 0) is 9.59 Å². The first kappa shape index (κ1) is 22.3. The van der Waals surface area contributed by atoms with Crippen molar-refractivity contribution in [2.24, 2.45) is 0 Å². The Morgan fingerprint density at radius 2 is 1.79 bits per heavy atom. The number of anilines is 1. The molecule has 7 heteroatoms. The van der Waals surface area contributed by atoms with Gasteiger partial charge in [-0.15, -0.1) is 11.8 Å². The summed E-state index contributed by atoms with van der Waals surface area (Å²) in [7, 11) is 0. The van der Waals surface area contributed by atoms with Crippen LogP contribution >= 0.6 is 23.4 Å². The topological polar surface area (TPSA) is 61.4 Å². The Labute approximate surface area is 175 Å². The fourth-order valence-corrected chi connectivity index (χ4v) is 3.50. The van der Waals surface area contributed by atoms with Crippen LogP contribution in [0.3, 0.4) is 0 Å². The quantitative estimate of drug-likeness (QED) is 0.454. The second-order valence-electron chi connectivity index (χ2n) is 6.32. The molecule has 0 aliphatic carbocycles. The van der Waals surface area contributed by atoms with Crippen LogP contribution < -0.4 is 10.6 Å². The number of carbonyl (C=O) groups is 2. The van der Waals surface area contributed by atoms with Crippen molar-refractivity contribution in [1.29, 1.82) is 0 Å². The first-order chi connectivity index (χ1) is 13.5. The molecule has 0 bridgehead atoms. The van der Waals surface area contributed by atoms with E-state index >= 15 is 0 Å². The van der Waals surface area contributed by atoms with Crippen LogP contribution in [-0.4, -0.2) is 48.6 Å². The maximum atomic E-state index is 12.3. The molecule has 0 fully saturated rings. The number of halogens is 1. The van der Waals surface area contributed by atoms with E-state index in [1.54, 1.807) is 28.8 Å². The molecule has 2 aromatic carbocycles. The van der Waals surface area contributed by atoms with E-state index in [0.717, 1.165) is 11.3 Å². The average molecular weight is 420 g/mol. The van der Waals surface area contributed by atoms with Crippen LogP contribution in [0.1, 0.15) is 12.5 Å². The third kappa shape index (κ3) is 7.92. The van der Waals surface area contributed by atoms with Crippen molar-refractivity contribution in [3.05, 3.63) is 59.1 Å². The summed E-state index contributed by atoms with van der Waals surface area (Å²) >= 11 is 7.68. The second-order valence-corrected chi connectivity index (χ2v) is 7.93. The average Bonchev–Trinajstić information content (AvgIpc) is 2.68. The van der Waals surface area contributed by atoms with E-state index in [1.165, 1.54) is 4.90 Å². The predicted molar refractivity (Wildman–Crippen MR) is 117 cm³/mol. The Kier molecular flexibility index (Phi) is 9.34. The number of thioether (sulfide) groups is 1. The van der Waals surface area contributed by atoms with Crippen molar-refractivity contribution < 1.29 is 9.59 Å². The smallest absolute Gasteiger partial charge is 0.238 e. The molecule has 0 aliphatic heterocycles. The first-order valence-electron chi connectivity index (χ1n) is 9.21. The Morgan fingerprint density at radius 3 is 2.50 bits per heavy atom. The Bertz CT molecular complexity index is 786. The van der Waals surface area contributed by atoms with Gasteiger partial charge >= 0.3 is 0 Å². The predicted octanol–water partition coefficient (Wildman–Crippen LogP) is 3.82. The van der Waals surface area contributed by atoms with Crippen LogP contribution in [0.4, 0.5) is 5.69 Å². The molecule has 150 valence electrons. The lowest BCUT2D eigenvalue weighted by atomic mass is 10.2. The van der Waals surface area contributed by atoms with Gasteiger partial charge in [0.1, 0.15) is 0 Å². The molecule has 0 spiro atoms. The van der Waals surface area contributed by atoms with E-state index in [9.17, 15) is 9.59 Å². The summed E-state index contributed by atoms with van der Waals surface area (Å²) in [5, 5.41) is 6.34. The summed E-state index contributed by atoms with van der Waals surface area (Å²) in [6.45, 7) is 5.36. The largest absolute Gasteiger partial charge is 0.354 e. The van der Waals surface area contributed by atoms with Crippen molar-refractivity contribution >= 4 is 40.9 Å². The highest BCUT2D eigenvalue weighted by Crippen LogP contribution is 2.20. The van der Waals surface area contributed by atoms with Crippen molar-refractivity contribution in [1.82, 2.24) is 10.2 Å². The standard InChI is InChI=1S/C21H26ClN3O2S/c1-3-25(15-21(27)24-19-13-17(22)10-9-16(19)2)14-20(26)23-11-12-28-18-7-5-4-6-8-18/h4-10,13H,3,11-12,14-15H2,1-2H3,(H,23,26)(H,24,27). The number of benzene rings is 2. The zero-order chi connectivity index (χ0) is 20.4. The van der Waals surface area contributed by atoms with Crippen molar-refractivity contribution in [2.45, 2.75) is 18.7 Å². The normalized spacial score (nSPS) is 10.7. The molecule has 5 nitrogen and oxygen atoms in total. The maximum absolute atomic E-state index is 12.3. The number of aryl methyl sites for hydroxylation is 1. The van der Waals surface area contributed by atoms with Crippen molar-refractivity contribution in [3.63, 3.8) is 0 Å². The SMILES string of the molecule is CCN(CC(=O)NCCSc1ccccc1)CC(=O)Nc1cc(Cl)ccc1C. The summed E-state index contributed by atoms with van der Waals surface area (Å²) in [6, 6.07) is 15.4. The summed E-state index contributed by atoms with van der Waals surface area (Å²) in [6.07, 6.45) is 0. The lowest BCUT2D eigenvalue weighted by Crippen LogP contribution is -2.41. The molecule has 0 aliphatic rings. The fourth-order valence-electron chi connectivity index (χ4n) is 2.54. The third-order valence-electron chi connectivity index (χ3n) is 4.09. The van der Waals surface area contributed by atoms with E-state index in [4.69, 9.17) is 11.6 Å². The van der Waals surface area contributed by atoms with Crippen LogP contribution in [0, 0.1) is 6.92 Å². The van der Waals surface area contributed by atoms with Gasteiger partial charge in [0.25, 0.3) is 0 Å². The number of hydrogen-bond donors (Lipinski definition) is 2. The minimum absolute atomic E-state index is 0.0813. The van der Waals surface area contributed by atoms with Crippen LogP contribution in [0.5, 0.6) is 0 Å². The molecule has 2 N–H and O–H groups in total. The fraction of sp³-hybridized carbons (Fsp3) is 0.333. The number of hydrogen-bond acceptors (Lipinski definition) is 4. The van der Waals surface area contributed by atoms with E-state index in [0.29, 0.717) is 23.8 Å². The zero-order valence-corrected chi connectivity index (χ0v) is 17.8. The van der Waals surface area contributed by atoms with E-state index < -0.39 is 0 Å². The maximum Gasteiger partial charge on any atom is 0.238 e. The molecule has 0 saturated carbocycles. The Morgan fingerprint density at radius 1 is 1.07 bits per heavy atom. The molecule has 0 radical (unpaired) electrons. The number of amides is 2. The van der Waals surface area contributed by atoms with Gasteiger partial charge in [-0.2, -0.15) is 0 Å². The van der Waals surface area contributed by atoms with Gasteiger partial charge in [-0.05, 0) is 43.3 Å². The molecule has 0 aromatic heterocycles. The lowest BCUT2D eigenvalue weighted by Gasteiger charge is -2.19. The monoisotopic (exact) mass is 419 g/mol. The highest BCUT2D eigenvalue weighted by Gasteiger charge is 2.14. The van der Waals surface area contributed by atoms with Gasteiger partial charge in [0.2, 0.25) is 11.8 Å². The van der Waals surface area contributed by atoms with E-state index in [1.807, 2.05) is 50.2 Å². The highest BCUT2D eigenvalue weighted by molar-refractivity contribution is 7.99. The third-order valence-corrected chi connectivity index (χ3v) is 5.34. The molecular weight excluding hydrogens is 394 g/mol. The van der Waals surface area contributed by atoms with Gasteiger partial charge in [-0.1, -0.05) is 42.8 Å². The number of carbonyl (C=O) groups excluding carboxylic acids is 2. The number of likely N-dealkylation sites (N-methyl/N-ethyl adjacent to an activating group) is 1. The number of nitrogens with zero attached hydrogens (tertiary/aromatic N) is 1.